The Hall–Kier alpha value is -3.34. The van der Waals surface area contributed by atoms with Crippen LogP contribution in [0.5, 0.6) is 11.5 Å². The molecule has 0 unspecified atom stereocenters. The van der Waals surface area contributed by atoms with Gasteiger partial charge in [-0.25, -0.2) is 0 Å². The van der Waals surface area contributed by atoms with E-state index in [1.165, 1.54) is 5.39 Å². The zero-order valence-electron chi connectivity index (χ0n) is 15.3. The summed E-state index contributed by atoms with van der Waals surface area (Å²) in [6, 6.07) is 19.9. The van der Waals surface area contributed by atoms with Crippen LogP contribution in [-0.4, -0.2) is 23.4 Å². The number of aromatic nitrogens is 2. The molecule has 0 atom stereocenters. The molecular weight excluding hydrogens is 340 g/mol. The van der Waals surface area contributed by atoms with Crippen LogP contribution < -0.4 is 9.47 Å². The highest BCUT2D eigenvalue weighted by Gasteiger charge is 2.14. The first-order valence-electron chi connectivity index (χ1n) is 9.01. The van der Waals surface area contributed by atoms with Crippen LogP contribution in [0.4, 0.5) is 0 Å². The van der Waals surface area contributed by atoms with Gasteiger partial charge in [0, 0.05) is 11.1 Å². The van der Waals surface area contributed by atoms with Gasteiger partial charge in [-0.1, -0.05) is 41.6 Å². The van der Waals surface area contributed by atoms with Gasteiger partial charge in [0.1, 0.15) is 0 Å². The third-order valence-corrected chi connectivity index (χ3v) is 4.22. The molecule has 5 nitrogen and oxygen atoms in total. The Balaban J connectivity index is 1.68. The monoisotopic (exact) mass is 360 g/mol. The Bertz CT molecular complexity index is 1070. The maximum absolute atomic E-state index is 5.68. The molecule has 4 rings (SSSR count). The van der Waals surface area contributed by atoms with E-state index >= 15 is 0 Å². The Morgan fingerprint density at radius 2 is 1.52 bits per heavy atom. The van der Waals surface area contributed by atoms with Crippen molar-refractivity contribution in [3.05, 3.63) is 60.7 Å². The summed E-state index contributed by atoms with van der Waals surface area (Å²) in [5, 5.41) is 6.46. The molecule has 0 fully saturated rings. The summed E-state index contributed by atoms with van der Waals surface area (Å²) in [7, 11) is 0. The van der Waals surface area contributed by atoms with Crippen molar-refractivity contribution in [2.75, 3.05) is 13.2 Å². The average molecular weight is 360 g/mol. The maximum atomic E-state index is 5.68. The number of fused-ring (bicyclic) bond motifs is 1. The minimum Gasteiger partial charge on any atom is -0.490 e. The first-order chi connectivity index (χ1) is 13.3. The van der Waals surface area contributed by atoms with Crippen LogP contribution in [0.1, 0.15) is 13.8 Å². The van der Waals surface area contributed by atoms with Crippen molar-refractivity contribution < 1.29 is 14.0 Å². The fourth-order valence-corrected chi connectivity index (χ4v) is 2.97. The number of hydrogen-bond acceptors (Lipinski definition) is 5. The van der Waals surface area contributed by atoms with Crippen LogP contribution in [0.3, 0.4) is 0 Å². The third kappa shape index (κ3) is 3.49. The maximum Gasteiger partial charge on any atom is 0.258 e. The predicted octanol–water partition coefficient (Wildman–Crippen LogP) is 5.35. The Kier molecular flexibility index (Phi) is 4.75. The van der Waals surface area contributed by atoms with E-state index in [0.717, 1.165) is 16.5 Å². The first-order valence-corrected chi connectivity index (χ1v) is 9.01. The molecule has 0 spiro atoms. The van der Waals surface area contributed by atoms with E-state index in [1.54, 1.807) is 0 Å². The molecule has 4 aromatic rings. The molecule has 0 saturated heterocycles. The smallest absolute Gasteiger partial charge is 0.258 e. The second kappa shape index (κ2) is 7.50. The van der Waals surface area contributed by atoms with Crippen LogP contribution >= 0.6 is 0 Å². The van der Waals surface area contributed by atoms with E-state index in [9.17, 15) is 0 Å². The molecule has 0 N–H and O–H groups in total. The van der Waals surface area contributed by atoms with E-state index in [1.807, 2.05) is 50.2 Å². The van der Waals surface area contributed by atoms with Gasteiger partial charge in [0.25, 0.3) is 5.89 Å². The zero-order chi connectivity index (χ0) is 18.6. The highest BCUT2D eigenvalue weighted by Crippen LogP contribution is 2.33. The van der Waals surface area contributed by atoms with Gasteiger partial charge >= 0.3 is 0 Å². The molecule has 3 aromatic carbocycles. The molecule has 1 aromatic heterocycles. The third-order valence-electron chi connectivity index (χ3n) is 4.22. The van der Waals surface area contributed by atoms with Crippen molar-refractivity contribution in [3.63, 3.8) is 0 Å². The highest BCUT2D eigenvalue weighted by atomic mass is 16.5. The van der Waals surface area contributed by atoms with Crippen molar-refractivity contribution >= 4 is 10.8 Å². The summed E-state index contributed by atoms with van der Waals surface area (Å²) in [5.74, 6) is 2.38. The lowest BCUT2D eigenvalue weighted by atomic mass is 10.1. The van der Waals surface area contributed by atoms with Gasteiger partial charge in [0.2, 0.25) is 5.82 Å². The lowest BCUT2D eigenvalue weighted by Gasteiger charge is -2.11. The van der Waals surface area contributed by atoms with Crippen LogP contribution in [-0.2, 0) is 0 Å². The fourth-order valence-electron chi connectivity index (χ4n) is 2.97. The minimum atomic E-state index is 0.446. The molecule has 0 aliphatic rings. The average Bonchev–Trinajstić information content (AvgIpc) is 3.19. The Morgan fingerprint density at radius 1 is 0.778 bits per heavy atom. The van der Waals surface area contributed by atoms with Gasteiger partial charge in [-0.3, -0.25) is 0 Å². The number of nitrogens with zero attached hydrogens (tertiary/aromatic N) is 2. The van der Waals surface area contributed by atoms with Gasteiger partial charge in [-0.05, 0) is 48.9 Å². The molecule has 0 aliphatic carbocycles. The van der Waals surface area contributed by atoms with Crippen molar-refractivity contribution in [3.8, 4) is 34.3 Å². The topological polar surface area (TPSA) is 57.4 Å². The largest absolute Gasteiger partial charge is 0.490 e. The van der Waals surface area contributed by atoms with Gasteiger partial charge in [0.05, 0.1) is 13.2 Å². The summed E-state index contributed by atoms with van der Waals surface area (Å²) in [6.45, 7) is 5.01. The van der Waals surface area contributed by atoms with E-state index < -0.39 is 0 Å². The normalized spacial score (nSPS) is 10.9. The number of ether oxygens (including phenoxy) is 2. The standard InChI is InChI=1S/C22H20N2O3/c1-3-25-19-12-11-18(14-20(19)26-4-2)22-23-21(24-27-22)17-10-9-15-7-5-6-8-16(15)13-17/h5-14H,3-4H2,1-2H3. The number of benzene rings is 3. The second-order valence-electron chi connectivity index (χ2n) is 6.01. The summed E-state index contributed by atoms with van der Waals surface area (Å²) in [4.78, 5) is 4.56. The molecule has 27 heavy (non-hydrogen) atoms. The molecule has 0 aliphatic heterocycles. The fraction of sp³-hybridized carbons (Fsp3) is 0.182. The lowest BCUT2D eigenvalue weighted by molar-refractivity contribution is 0.288. The van der Waals surface area contributed by atoms with E-state index in [-0.39, 0.29) is 0 Å². The molecular formula is C22H20N2O3. The molecule has 1 heterocycles. The van der Waals surface area contributed by atoms with E-state index in [2.05, 4.69) is 34.4 Å². The highest BCUT2D eigenvalue weighted by molar-refractivity contribution is 5.86. The van der Waals surface area contributed by atoms with Crippen molar-refractivity contribution in [1.82, 2.24) is 10.1 Å². The zero-order valence-corrected chi connectivity index (χ0v) is 15.3. The Morgan fingerprint density at radius 3 is 2.33 bits per heavy atom. The van der Waals surface area contributed by atoms with E-state index in [4.69, 9.17) is 14.0 Å². The van der Waals surface area contributed by atoms with Gasteiger partial charge in [-0.2, -0.15) is 4.98 Å². The lowest BCUT2D eigenvalue weighted by Crippen LogP contribution is -1.98. The van der Waals surface area contributed by atoms with Crippen molar-refractivity contribution in [1.29, 1.82) is 0 Å². The number of rotatable bonds is 6. The molecule has 0 saturated carbocycles. The van der Waals surface area contributed by atoms with E-state index in [0.29, 0.717) is 36.4 Å². The van der Waals surface area contributed by atoms with Gasteiger partial charge in [0.15, 0.2) is 11.5 Å². The molecule has 0 amide bonds. The summed E-state index contributed by atoms with van der Waals surface area (Å²) in [5.41, 5.74) is 1.71. The quantitative estimate of drug-likeness (QED) is 0.464. The minimum absolute atomic E-state index is 0.446. The Labute approximate surface area is 157 Å². The molecule has 0 radical (unpaired) electrons. The summed E-state index contributed by atoms with van der Waals surface area (Å²) < 4.78 is 16.8. The first kappa shape index (κ1) is 17.1. The van der Waals surface area contributed by atoms with Gasteiger partial charge < -0.3 is 14.0 Å². The molecule has 136 valence electrons. The summed E-state index contributed by atoms with van der Waals surface area (Å²) >= 11 is 0. The van der Waals surface area contributed by atoms with Crippen molar-refractivity contribution in [2.24, 2.45) is 0 Å². The van der Waals surface area contributed by atoms with Crippen LogP contribution in [0, 0.1) is 0 Å². The summed E-state index contributed by atoms with van der Waals surface area (Å²) in [6.07, 6.45) is 0. The number of hydrogen-bond donors (Lipinski definition) is 0. The van der Waals surface area contributed by atoms with Crippen molar-refractivity contribution in [2.45, 2.75) is 13.8 Å². The second-order valence-corrected chi connectivity index (χ2v) is 6.01. The van der Waals surface area contributed by atoms with Gasteiger partial charge in [-0.15, -0.1) is 0 Å². The predicted molar refractivity (Wildman–Crippen MR) is 105 cm³/mol. The molecule has 0 bridgehead atoms. The SMILES string of the molecule is CCOc1ccc(-c2nc(-c3ccc4ccccc4c3)no2)cc1OCC. The van der Waals surface area contributed by atoms with Crippen LogP contribution in [0.2, 0.25) is 0 Å². The van der Waals surface area contributed by atoms with Crippen LogP contribution in [0.15, 0.2) is 65.2 Å². The van der Waals surface area contributed by atoms with Crippen LogP contribution in [0.25, 0.3) is 33.6 Å². The molecule has 5 heteroatoms.